The fourth-order valence-corrected chi connectivity index (χ4v) is 3.67. The molecule has 1 heterocycles. The largest absolute Gasteiger partial charge is 0.394 e. The zero-order valence-corrected chi connectivity index (χ0v) is 13.3. The average Bonchev–Trinajstić information content (AvgIpc) is 2.76. The smallest absolute Gasteiger partial charge is 0.0628 e. The first kappa shape index (κ1) is 15.3. The molecule has 0 unspecified atom stereocenters. The maximum atomic E-state index is 10.0. The predicted octanol–water partition coefficient (Wildman–Crippen LogP) is 3.60. The van der Waals surface area contributed by atoms with Crippen molar-refractivity contribution in [2.24, 2.45) is 0 Å². The molecule has 0 aliphatic carbocycles. The summed E-state index contributed by atoms with van der Waals surface area (Å²) in [5.41, 5.74) is 4.16. The van der Waals surface area contributed by atoms with Gasteiger partial charge in [-0.05, 0) is 36.0 Å². The van der Waals surface area contributed by atoms with E-state index in [1.54, 1.807) is 0 Å². The van der Waals surface area contributed by atoms with Crippen LogP contribution in [-0.4, -0.2) is 29.2 Å². The van der Waals surface area contributed by atoms with E-state index in [1.807, 2.05) is 6.07 Å². The standard InChI is InChI=1S/C20H25NO/c1-2-19-14-18-11-7-6-8-16(18)12-13-21(19)20(15-22)17-9-4-3-5-10-17/h3-11,19-20,22H,2,12-15H2,1H3/t19-,20+/m1/s1. The van der Waals surface area contributed by atoms with Crippen LogP contribution in [0.3, 0.4) is 0 Å². The number of aliphatic hydroxyl groups is 1. The minimum atomic E-state index is 0.0977. The van der Waals surface area contributed by atoms with Crippen LogP contribution in [0.15, 0.2) is 54.6 Å². The Labute approximate surface area is 133 Å². The van der Waals surface area contributed by atoms with Crippen LogP contribution in [0.1, 0.15) is 36.1 Å². The molecule has 0 saturated carbocycles. The molecule has 1 aliphatic rings. The minimum Gasteiger partial charge on any atom is -0.394 e. The molecule has 0 saturated heterocycles. The predicted molar refractivity (Wildman–Crippen MR) is 90.9 cm³/mol. The van der Waals surface area contributed by atoms with Gasteiger partial charge in [-0.2, -0.15) is 0 Å². The number of rotatable bonds is 4. The first-order valence-corrected chi connectivity index (χ1v) is 8.31. The number of hydrogen-bond donors (Lipinski definition) is 1. The highest BCUT2D eigenvalue weighted by Gasteiger charge is 2.28. The van der Waals surface area contributed by atoms with Crippen LogP contribution < -0.4 is 0 Å². The van der Waals surface area contributed by atoms with Gasteiger partial charge in [0.05, 0.1) is 12.6 Å². The lowest BCUT2D eigenvalue weighted by Gasteiger charge is -2.36. The quantitative estimate of drug-likeness (QED) is 0.931. The van der Waals surface area contributed by atoms with Crippen LogP contribution >= 0.6 is 0 Å². The third kappa shape index (κ3) is 3.08. The molecule has 0 amide bonds. The van der Waals surface area contributed by atoms with Crippen molar-refractivity contribution in [3.8, 4) is 0 Å². The summed E-state index contributed by atoms with van der Waals surface area (Å²) in [6, 6.07) is 19.8. The second-order valence-corrected chi connectivity index (χ2v) is 6.13. The van der Waals surface area contributed by atoms with Gasteiger partial charge in [0.15, 0.2) is 0 Å². The highest BCUT2D eigenvalue weighted by Crippen LogP contribution is 2.29. The van der Waals surface area contributed by atoms with E-state index in [0.717, 1.165) is 25.8 Å². The molecule has 0 radical (unpaired) electrons. The van der Waals surface area contributed by atoms with Gasteiger partial charge in [-0.15, -0.1) is 0 Å². The van der Waals surface area contributed by atoms with Gasteiger partial charge < -0.3 is 5.11 Å². The van der Waals surface area contributed by atoms with E-state index in [2.05, 4.69) is 60.4 Å². The Morgan fingerprint density at radius 3 is 2.41 bits per heavy atom. The lowest BCUT2D eigenvalue weighted by Crippen LogP contribution is -2.41. The second kappa shape index (κ2) is 7.08. The van der Waals surface area contributed by atoms with Gasteiger partial charge in [-0.1, -0.05) is 61.5 Å². The molecule has 0 fully saturated rings. The first-order valence-electron chi connectivity index (χ1n) is 8.31. The SMILES string of the molecule is CC[C@@H]1Cc2ccccc2CCN1[C@@H](CO)c1ccccc1. The molecule has 22 heavy (non-hydrogen) atoms. The molecular formula is C20H25NO. The van der Waals surface area contributed by atoms with Gasteiger partial charge in [0, 0.05) is 12.6 Å². The second-order valence-electron chi connectivity index (χ2n) is 6.13. The molecule has 116 valence electrons. The molecule has 0 bridgehead atoms. The van der Waals surface area contributed by atoms with Crippen molar-refractivity contribution < 1.29 is 5.11 Å². The summed E-state index contributed by atoms with van der Waals surface area (Å²) in [6.45, 7) is 3.44. The highest BCUT2D eigenvalue weighted by atomic mass is 16.3. The van der Waals surface area contributed by atoms with E-state index in [-0.39, 0.29) is 12.6 Å². The fraction of sp³-hybridized carbons (Fsp3) is 0.400. The van der Waals surface area contributed by atoms with Crippen molar-refractivity contribution in [1.29, 1.82) is 0 Å². The molecule has 1 aliphatic heterocycles. The van der Waals surface area contributed by atoms with Gasteiger partial charge in [-0.25, -0.2) is 0 Å². The third-order valence-corrected chi connectivity index (χ3v) is 4.91. The molecule has 2 heteroatoms. The van der Waals surface area contributed by atoms with E-state index >= 15 is 0 Å². The molecule has 0 aromatic heterocycles. The minimum absolute atomic E-state index is 0.0977. The monoisotopic (exact) mass is 295 g/mol. The molecule has 3 rings (SSSR count). The number of fused-ring (bicyclic) bond motifs is 1. The maximum absolute atomic E-state index is 10.0. The zero-order chi connectivity index (χ0) is 15.4. The van der Waals surface area contributed by atoms with Crippen LogP contribution in [0.25, 0.3) is 0 Å². The van der Waals surface area contributed by atoms with Crippen molar-refractivity contribution >= 4 is 0 Å². The van der Waals surface area contributed by atoms with E-state index in [1.165, 1.54) is 16.7 Å². The summed E-state index contributed by atoms with van der Waals surface area (Å²) in [6.07, 6.45) is 3.25. The van der Waals surface area contributed by atoms with Gasteiger partial charge in [0.25, 0.3) is 0 Å². The molecular weight excluding hydrogens is 270 g/mol. The maximum Gasteiger partial charge on any atom is 0.0628 e. The Balaban J connectivity index is 1.89. The fourth-order valence-electron chi connectivity index (χ4n) is 3.67. The summed E-state index contributed by atoms with van der Waals surface area (Å²) >= 11 is 0. The van der Waals surface area contributed by atoms with Crippen molar-refractivity contribution in [1.82, 2.24) is 4.90 Å². The van der Waals surface area contributed by atoms with E-state index in [9.17, 15) is 5.11 Å². The van der Waals surface area contributed by atoms with Crippen molar-refractivity contribution in [3.05, 3.63) is 71.3 Å². The van der Waals surface area contributed by atoms with E-state index in [4.69, 9.17) is 0 Å². The average molecular weight is 295 g/mol. The Kier molecular flexibility index (Phi) is 4.91. The van der Waals surface area contributed by atoms with Crippen molar-refractivity contribution in [3.63, 3.8) is 0 Å². The molecule has 2 nitrogen and oxygen atoms in total. The number of benzene rings is 2. The summed E-state index contributed by atoms with van der Waals surface area (Å²) in [7, 11) is 0. The van der Waals surface area contributed by atoms with Crippen molar-refractivity contribution in [2.45, 2.75) is 38.3 Å². The normalized spacial score (nSPS) is 20.2. The third-order valence-electron chi connectivity index (χ3n) is 4.91. The molecule has 2 aromatic carbocycles. The van der Waals surface area contributed by atoms with Gasteiger partial charge in [0.1, 0.15) is 0 Å². The number of aliphatic hydroxyl groups excluding tert-OH is 1. The lowest BCUT2D eigenvalue weighted by molar-refractivity contribution is 0.0835. The van der Waals surface area contributed by atoms with Gasteiger partial charge >= 0.3 is 0 Å². The molecule has 2 atom stereocenters. The lowest BCUT2D eigenvalue weighted by atomic mass is 9.98. The van der Waals surface area contributed by atoms with Crippen LogP contribution in [0.4, 0.5) is 0 Å². The number of hydrogen-bond acceptors (Lipinski definition) is 2. The van der Waals surface area contributed by atoms with E-state index < -0.39 is 0 Å². The highest BCUT2D eigenvalue weighted by molar-refractivity contribution is 5.30. The topological polar surface area (TPSA) is 23.5 Å². The molecule has 1 N–H and O–H groups in total. The Morgan fingerprint density at radius 2 is 1.73 bits per heavy atom. The van der Waals surface area contributed by atoms with Gasteiger partial charge in [-0.3, -0.25) is 4.90 Å². The van der Waals surface area contributed by atoms with E-state index in [0.29, 0.717) is 6.04 Å². The van der Waals surface area contributed by atoms with Crippen LogP contribution in [0.2, 0.25) is 0 Å². The zero-order valence-electron chi connectivity index (χ0n) is 13.3. The van der Waals surface area contributed by atoms with Crippen molar-refractivity contribution in [2.75, 3.05) is 13.2 Å². The summed E-state index contributed by atoms with van der Waals surface area (Å²) in [5.74, 6) is 0. The molecule has 2 aromatic rings. The Hall–Kier alpha value is -1.64. The van der Waals surface area contributed by atoms with Crippen LogP contribution in [0, 0.1) is 0 Å². The summed E-state index contributed by atoms with van der Waals surface area (Å²) < 4.78 is 0. The summed E-state index contributed by atoms with van der Waals surface area (Å²) in [4.78, 5) is 2.51. The Morgan fingerprint density at radius 1 is 1.05 bits per heavy atom. The van der Waals surface area contributed by atoms with Gasteiger partial charge in [0.2, 0.25) is 0 Å². The summed E-state index contributed by atoms with van der Waals surface area (Å²) in [5, 5.41) is 10.0. The first-order chi connectivity index (χ1) is 10.8. The number of nitrogens with zero attached hydrogens (tertiary/aromatic N) is 1. The van der Waals surface area contributed by atoms with Crippen LogP contribution in [-0.2, 0) is 12.8 Å². The van der Waals surface area contributed by atoms with Crippen LogP contribution in [0.5, 0.6) is 0 Å². The Bertz CT molecular complexity index is 596. The molecule has 0 spiro atoms.